The number of rotatable bonds is 5. The van der Waals surface area contributed by atoms with E-state index in [0.717, 1.165) is 16.7 Å². The molecule has 0 bridgehead atoms. The lowest BCUT2D eigenvalue weighted by molar-refractivity contribution is -0.136. The summed E-state index contributed by atoms with van der Waals surface area (Å²) < 4.78 is 0. The van der Waals surface area contributed by atoms with Gasteiger partial charge in [0.05, 0.1) is 0 Å². The highest BCUT2D eigenvalue weighted by atomic mass is 16.2. The minimum Gasteiger partial charge on any atom is -0.334 e. The maximum Gasteiger partial charge on any atom is 0.315 e. The van der Waals surface area contributed by atoms with Crippen molar-refractivity contribution in [3.63, 3.8) is 0 Å². The predicted molar refractivity (Wildman–Crippen MR) is 108 cm³/mol. The molecular formula is C22H22N4O4. The quantitative estimate of drug-likeness (QED) is 0.653. The van der Waals surface area contributed by atoms with Crippen LogP contribution in [0.2, 0.25) is 0 Å². The molecule has 2 heterocycles. The molecule has 8 nitrogen and oxygen atoms in total. The SMILES string of the molecule is O=C1CCC(N2Cc3c(CNC(=O)NCc4ccccc4)cccc3C2=O)C(=O)N1. The Morgan fingerprint density at radius 3 is 2.53 bits per heavy atom. The van der Waals surface area contributed by atoms with Crippen LogP contribution in [0.4, 0.5) is 4.79 Å². The number of benzene rings is 2. The van der Waals surface area contributed by atoms with E-state index in [1.807, 2.05) is 36.4 Å². The molecule has 1 saturated heterocycles. The number of nitrogens with one attached hydrogen (secondary N) is 3. The number of piperidine rings is 1. The fourth-order valence-corrected chi connectivity index (χ4v) is 3.83. The maximum atomic E-state index is 12.8. The predicted octanol–water partition coefficient (Wildman–Crippen LogP) is 1.45. The van der Waals surface area contributed by atoms with Gasteiger partial charge in [0.25, 0.3) is 5.91 Å². The van der Waals surface area contributed by atoms with E-state index in [1.54, 1.807) is 12.1 Å². The number of hydrogen-bond donors (Lipinski definition) is 3. The van der Waals surface area contributed by atoms with Crippen molar-refractivity contribution in [2.24, 2.45) is 0 Å². The first-order valence-corrected chi connectivity index (χ1v) is 9.84. The Kier molecular flexibility index (Phi) is 5.47. The lowest BCUT2D eigenvalue weighted by Gasteiger charge is -2.29. The van der Waals surface area contributed by atoms with E-state index < -0.39 is 11.9 Å². The van der Waals surface area contributed by atoms with Gasteiger partial charge in [0.1, 0.15) is 6.04 Å². The molecule has 2 aromatic rings. The summed E-state index contributed by atoms with van der Waals surface area (Å²) in [4.78, 5) is 50.1. The molecule has 2 aromatic carbocycles. The fraction of sp³-hybridized carbons (Fsp3) is 0.273. The summed E-state index contributed by atoms with van der Waals surface area (Å²) in [5.41, 5.74) is 3.16. The molecule has 1 fully saturated rings. The zero-order chi connectivity index (χ0) is 21.1. The van der Waals surface area contributed by atoms with Gasteiger partial charge < -0.3 is 15.5 Å². The molecule has 5 amide bonds. The number of amides is 5. The maximum absolute atomic E-state index is 12.8. The van der Waals surface area contributed by atoms with Gasteiger partial charge in [-0.3, -0.25) is 19.7 Å². The Labute approximate surface area is 173 Å². The third-order valence-electron chi connectivity index (χ3n) is 5.41. The minimum atomic E-state index is -0.655. The molecule has 0 spiro atoms. The van der Waals surface area contributed by atoms with Crippen LogP contribution in [0.1, 0.15) is 39.9 Å². The van der Waals surface area contributed by atoms with Crippen molar-refractivity contribution >= 4 is 23.8 Å². The van der Waals surface area contributed by atoms with Crippen LogP contribution in [0.25, 0.3) is 0 Å². The number of carbonyl (C=O) groups is 4. The van der Waals surface area contributed by atoms with Crippen LogP contribution in [0.3, 0.4) is 0 Å². The van der Waals surface area contributed by atoms with Gasteiger partial charge >= 0.3 is 6.03 Å². The van der Waals surface area contributed by atoms with E-state index in [-0.39, 0.29) is 37.4 Å². The molecule has 3 N–H and O–H groups in total. The first kappa shape index (κ1) is 19.6. The summed E-state index contributed by atoms with van der Waals surface area (Å²) in [7, 11) is 0. The molecule has 1 unspecified atom stereocenters. The zero-order valence-electron chi connectivity index (χ0n) is 16.3. The molecule has 1 atom stereocenters. The van der Waals surface area contributed by atoms with Gasteiger partial charge in [-0.1, -0.05) is 42.5 Å². The first-order chi connectivity index (χ1) is 14.5. The van der Waals surface area contributed by atoms with Crippen molar-refractivity contribution in [2.75, 3.05) is 0 Å². The Bertz CT molecular complexity index is 1010. The van der Waals surface area contributed by atoms with Crippen LogP contribution >= 0.6 is 0 Å². The van der Waals surface area contributed by atoms with E-state index in [4.69, 9.17) is 0 Å². The summed E-state index contributed by atoms with van der Waals surface area (Å²) in [6.07, 6.45) is 0.534. The van der Waals surface area contributed by atoms with E-state index in [1.165, 1.54) is 4.90 Å². The van der Waals surface area contributed by atoms with Gasteiger partial charge in [-0.25, -0.2) is 4.79 Å². The summed E-state index contributed by atoms with van der Waals surface area (Å²) in [6.45, 7) is 0.964. The van der Waals surface area contributed by atoms with Gasteiger partial charge in [0.15, 0.2) is 0 Å². The number of nitrogens with zero attached hydrogens (tertiary/aromatic N) is 1. The van der Waals surface area contributed by atoms with Crippen molar-refractivity contribution in [1.29, 1.82) is 0 Å². The summed E-state index contributed by atoms with van der Waals surface area (Å²) >= 11 is 0. The summed E-state index contributed by atoms with van der Waals surface area (Å²) in [5.74, 6) is -0.978. The highest BCUT2D eigenvalue weighted by molar-refractivity contribution is 6.05. The third kappa shape index (κ3) is 4.03. The topological polar surface area (TPSA) is 108 Å². The van der Waals surface area contributed by atoms with Crippen LogP contribution in [0, 0.1) is 0 Å². The van der Waals surface area contributed by atoms with Crippen molar-refractivity contribution < 1.29 is 19.2 Å². The molecule has 2 aliphatic heterocycles. The van der Waals surface area contributed by atoms with Crippen molar-refractivity contribution in [3.8, 4) is 0 Å². The second-order valence-electron chi connectivity index (χ2n) is 7.37. The lowest BCUT2D eigenvalue weighted by atomic mass is 10.0. The van der Waals surface area contributed by atoms with Crippen molar-refractivity contribution in [2.45, 2.75) is 38.5 Å². The molecule has 0 radical (unpaired) electrons. The number of hydrogen-bond acceptors (Lipinski definition) is 4. The van der Waals surface area contributed by atoms with Crippen molar-refractivity contribution in [1.82, 2.24) is 20.9 Å². The molecule has 0 saturated carbocycles. The van der Waals surface area contributed by atoms with Crippen LogP contribution in [0.5, 0.6) is 0 Å². The Balaban J connectivity index is 1.39. The highest BCUT2D eigenvalue weighted by Crippen LogP contribution is 2.29. The largest absolute Gasteiger partial charge is 0.334 e. The Morgan fingerprint density at radius 1 is 1.00 bits per heavy atom. The Morgan fingerprint density at radius 2 is 1.77 bits per heavy atom. The van der Waals surface area contributed by atoms with Crippen LogP contribution in [-0.4, -0.2) is 34.7 Å². The number of fused-ring (bicyclic) bond motifs is 1. The normalized spacial score (nSPS) is 18.1. The van der Waals surface area contributed by atoms with Gasteiger partial charge in [0.2, 0.25) is 11.8 Å². The molecule has 0 aliphatic carbocycles. The number of imide groups is 1. The lowest BCUT2D eigenvalue weighted by Crippen LogP contribution is -2.52. The molecule has 30 heavy (non-hydrogen) atoms. The van der Waals surface area contributed by atoms with E-state index >= 15 is 0 Å². The van der Waals surface area contributed by atoms with Gasteiger partial charge in [0, 0.05) is 31.6 Å². The molecule has 8 heteroatoms. The molecule has 2 aliphatic rings. The zero-order valence-corrected chi connectivity index (χ0v) is 16.3. The minimum absolute atomic E-state index is 0.215. The number of carbonyl (C=O) groups excluding carboxylic acids is 4. The number of urea groups is 1. The van der Waals surface area contributed by atoms with Gasteiger partial charge in [-0.2, -0.15) is 0 Å². The van der Waals surface area contributed by atoms with Gasteiger partial charge in [-0.15, -0.1) is 0 Å². The smallest absolute Gasteiger partial charge is 0.315 e. The molecular weight excluding hydrogens is 384 g/mol. The average molecular weight is 406 g/mol. The molecule has 0 aromatic heterocycles. The van der Waals surface area contributed by atoms with Crippen LogP contribution in [0.15, 0.2) is 48.5 Å². The van der Waals surface area contributed by atoms with Crippen LogP contribution in [-0.2, 0) is 29.2 Å². The van der Waals surface area contributed by atoms with Crippen LogP contribution < -0.4 is 16.0 Å². The second-order valence-corrected chi connectivity index (χ2v) is 7.37. The summed E-state index contributed by atoms with van der Waals surface area (Å²) in [6, 6.07) is 14.0. The van der Waals surface area contributed by atoms with E-state index in [0.29, 0.717) is 18.5 Å². The second kappa shape index (κ2) is 8.36. The highest BCUT2D eigenvalue weighted by Gasteiger charge is 2.39. The average Bonchev–Trinajstić information content (AvgIpc) is 3.08. The third-order valence-corrected chi connectivity index (χ3v) is 5.41. The van der Waals surface area contributed by atoms with E-state index in [9.17, 15) is 19.2 Å². The van der Waals surface area contributed by atoms with Gasteiger partial charge in [-0.05, 0) is 29.2 Å². The first-order valence-electron chi connectivity index (χ1n) is 9.84. The Hall–Kier alpha value is -3.68. The van der Waals surface area contributed by atoms with Crippen molar-refractivity contribution in [3.05, 3.63) is 70.8 Å². The van der Waals surface area contributed by atoms with E-state index in [2.05, 4.69) is 16.0 Å². The molecule has 154 valence electrons. The fourth-order valence-electron chi connectivity index (χ4n) is 3.83. The standard InChI is InChI=1S/C22H22N4O4/c27-19-10-9-18(20(28)25-19)26-13-17-15(7-4-8-16(17)21(26)29)12-24-22(30)23-11-14-5-2-1-3-6-14/h1-8,18H,9-13H2,(H2,23,24,30)(H,25,27,28). The summed E-state index contributed by atoms with van der Waals surface area (Å²) in [5, 5.41) is 7.92. The molecule has 4 rings (SSSR count). The monoisotopic (exact) mass is 406 g/mol.